The number of hydrogen-bond acceptors (Lipinski definition) is 7. The van der Waals surface area contributed by atoms with Crippen molar-refractivity contribution in [2.24, 2.45) is 0 Å². The summed E-state index contributed by atoms with van der Waals surface area (Å²) in [6.45, 7) is 0. The first-order valence-corrected chi connectivity index (χ1v) is 8.51. The number of aromatic nitrogens is 3. The van der Waals surface area contributed by atoms with Gasteiger partial charge in [-0.3, -0.25) is 4.79 Å². The highest BCUT2D eigenvalue weighted by molar-refractivity contribution is 7.98. The molecule has 2 heterocycles. The molecule has 0 fully saturated rings. The van der Waals surface area contributed by atoms with Crippen LogP contribution in [0.5, 0.6) is 5.75 Å². The van der Waals surface area contributed by atoms with E-state index >= 15 is 0 Å². The molecule has 0 unspecified atom stereocenters. The number of nitrogens with zero attached hydrogens (tertiary/aromatic N) is 2. The van der Waals surface area contributed by atoms with E-state index in [0.717, 1.165) is 0 Å². The number of rotatable bonds is 4. The van der Waals surface area contributed by atoms with Gasteiger partial charge in [0, 0.05) is 5.56 Å². The molecule has 2 aromatic heterocycles. The molecule has 25 heavy (non-hydrogen) atoms. The van der Waals surface area contributed by atoms with Gasteiger partial charge in [-0.05, 0) is 36.6 Å². The number of aromatic amines is 1. The number of hydrogen-bond donors (Lipinski definition) is 1. The van der Waals surface area contributed by atoms with Crippen LogP contribution in [0.4, 0.5) is 0 Å². The van der Waals surface area contributed by atoms with Crippen molar-refractivity contribution in [2.45, 2.75) is 5.16 Å². The maximum absolute atomic E-state index is 12.2. The molecule has 3 aromatic rings. The normalized spacial score (nSPS) is 10.7. The predicted octanol–water partition coefficient (Wildman–Crippen LogP) is 2.50. The van der Waals surface area contributed by atoms with E-state index in [2.05, 4.69) is 15.0 Å². The van der Waals surface area contributed by atoms with Crippen molar-refractivity contribution < 1.29 is 14.3 Å². The lowest BCUT2D eigenvalue weighted by Gasteiger charge is -2.10. The second kappa shape index (κ2) is 6.94. The van der Waals surface area contributed by atoms with Gasteiger partial charge in [-0.2, -0.15) is 0 Å². The summed E-state index contributed by atoms with van der Waals surface area (Å²) in [6.07, 6.45) is 1.80. The van der Waals surface area contributed by atoms with E-state index in [0.29, 0.717) is 22.2 Å². The Morgan fingerprint density at radius 3 is 2.48 bits per heavy atom. The average molecular weight is 357 g/mol. The van der Waals surface area contributed by atoms with Gasteiger partial charge in [-0.1, -0.05) is 11.8 Å². The molecule has 0 saturated heterocycles. The van der Waals surface area contributed by atoms with Gasteiger partial charge in [0.1, 0.15) is 5.75 Å². The molecule has 1 aromatic carbocycles. The van der Waals surface area contributed by atoms with E-state index in [1.54, 1.807) is 37.6 Å². The van der Waals surface area contributed by atoms with E-state index in [1.807, 2.05) is 0 Å². The van der Waals surface area contributed by atoms with Crippen LogP contribution in [-0.4, -0.2) is 41.4 Å². The third-order valence-electron chi connectivity index (χ3n) is 3.64. The third-order valence-corrected chi connectivity index (χ3v) is 4.22. The van der Waals surface area contributed by atoms with Gasteiger partial charge < -0.3 is 14.5 Å². The zero-order chi connectivity index (χ0) is 18.0. The minimum absolute atomic E-state index is 0.198. The van der Waals surface area contributed by atoms with Crippen molar-refractivity contribution >= 4 is 28.8 Å². The second-order valence-electron chi connectivity index (χ2n) is 5.05. The zero-order valence-corrected chi connectivity index (χ0v) is 14.6. The summed E-state index contributed by atoms with van der Waals surface area (Å²) in [4.78, 5) is 35.8. The van der Waals surface area contributed by atoms with Crippen molar-refractivity contribution in [3.63, 3.8) is 0 Å². The smallest absolute Gasteiger partial charge is 0.340 e. The number of carbonyl (C=O) groups is 1. The fourth-order valence-corrected chi connectivity index (χ4v) is 2.75. The zero-order valence-electron chi connectivity index (χ0n) is 13.8. The van der Waals surface area contributed by atoms with Crippen molar-refractivity contribution in [3.05, 3.63) is 46.2 Å². The average Bonchev–Trinajstić information content (AvgIpc) is 2.66. The highest BCUT2D eigenvalue weighted by Gasteiger charge is 2.19. The van der Waals surface area contributed by atoms with Gasteiger partial charge in [0.15, 0.2) is 10.8 Å². The Hall–Kier alpha value is -2.87. The summed E-state index contributed by atoms with van der Waals surface area (Å²) < 4.78 is 9.98. The molecule has 128 valence electrons. The number of esters is 1. The van der Waals surface area contributed by atoms with E-state index in [4.69, 9.17) is 9.47 Å². The van der Waals surface area contributed by atoms with Crippen LogP contribution in [0.1, 0.15) is 10.4 Å². The summed E-state index contributed by atoms with van der Waals surface area (Å²) in [5.41, 5.74) is 1.20. The highest BCUT2D eigenvalue weighted by atomic mass is 32.2. The topological polar surface area (TPSA) is 94.2 Å². The monoisotopic (exact) mass is 357 g/mol. The van der Waals surface area contributed by atoms with Crippen LogP contribution < -0.4 is 10.3 Å². The molecule has 1 N–H and O–H groups in total. The molecule has 3 rings (SSSR count). The van der Waals surface area contributed by atoms with Gasteiger partial charge in [0.2, 0.25) is 0 Å². The van der Waals surface area contributed by atoms with Crippen molar-refractivity contribution in [1.82, 2.24) is 15.0 Å². The Morgan fingerprint density at radius 1 is 1.16 bits per heavy atom. The summed E-state index contributed by atoms with van der Waals surface area (Å²) in [5.74, 6) is 0.108. The molecule has 0 amide bonds. The Kier molecular flexibility index (Phi) is 4.71. The van der Waals surface area contributed by atoms with Gasteiger partial charge in [0.25, 0.3) is 5.56 Å². The van der Waals surface area contributed by atoms with E-state index in [-0.39, 0.29) is 22.2 Å². The molecule has 0 saturated carbocycles. The first-order chi connectivity index (χ1) is 12.1. The van der Waals surface area contributed by atoms with Crippen molar-refractivity contribution in [3.8, 4) is 17.0 Å². The minimum atomic E-state index is -0.575. The molecule has 0 radical (unpaired) electrons. The van der Waals surface area contributed by atoms with Crippen LogP contribution in [0.25, 0.3) is 22.3 Å². The molecule has 0 aliphatic carbocycles. The quantitative estimate of drug-likeness (QED) is 0.435. The second-order valence-corrected chi connectivity index (χ2v) is 5.85. The van der Waals surface area contributed by atoms with Crippen LogP contribution in [0.3, 0.4) is 0 Å². The molecule has 0 aliphatic rings. The highest BCUT2D eigenvalue weighted by Crippen LogP contribution is 2.27. The van der Waals surface area contributed by atoms with Crippen LogP contribution in [0.15, 0.2) is 40.3 Å². The molecule has 7 nitrogen and oxygen atoms in total. The summed E-state index contributed by atoms with van der Waals surface area (Å²) >= 11 is 1.30. The molecular weight excluding hydrogens is 342 g/mol. The molecule has 0 aliphatic heterocycles. The lowest BCUT2D eigenvalue weighted by atomic mass is 10.0. The molecule has 0 spiro atoms. The van der Waals surface area contributed by atoms with Gasteiger partial charge in [-0.15, -0.1) is 0 Å². The van der Waals surface area contributed by atoms with Gasteiger partial charge in [0.05, 0.1) is 30.9 Å². The number of thioether (sulfide) groups is 1. The molecule has 0 atom stereocenters. The van der Waals surface area contributed by atoms with Crippen LogP contribution in [0.2, 0.25) is 0 Å². The standard InChI is InChI=1S/C17H15N3O4S/c1-23-10-6-4-9(5-7-10)13-11(16(22)24-2)8-12-14(18-13)19-17(25-3)20-15(12)21/h4-8H,1-3H3,(H,18,19,20,21). The number of H-pyrrole nitrogens is 1. The third kappa shape index (κ3) is 3.20. The number of methoxy groups -OCH3 is 2. The van der Waals surface area contributed by atoms with Crippen molar-refractivity contribution in [1.29, 1.82) is 0 Å². The maximum atomic E-state index is 12.2. The lowest BCUT2D eigenvalue weighted by molar-refractivity contribution is 0.0601. The summed E-state index contributed by atoms with van der Waals surface area (Å²) in [5, 5.41) is 0.687. The predicted molar refractivity (Wildman–Crippen MR) is 95.3 cm³/mol. The number of fused-ring (bicyclic) bond motifs is 1. The van der Waals surface area contributed by atoms with Crippen molar-refractivity contribution in [2.75, 3.05) is 20.5 Å². The SMILES string of the molecule is COC(=O)c1cc2c(=O)[nH]c(SC)nc2nc1-c1ccc(OC)cc1. The summed E-state index contributed by atoms with van der Waals surface area (Å²) in [6, 6.07) is 8.55. The van der Waals surface area contributed by atoms with Crippen LogP contribution in [-0.2, 0) is 4.74 Å². The fourth-order valence-electron chi connectivity index (χ4n) is 2.38. The van der Waals surface area contributed by atoms with E-state index in [9.17, 15) is 9.59 Å². The Bertz CT molecular complexity index is 999. The Labute approximate surface area is 147 Å². The first-order valence-electron chi connectivity index (χ1n) is 7.29. The molecule has 0 bridgehead atoms. The number of nitrogens with one attached hydrogen (secondary N) is 1. The molecular formula is C17H15N3O4S. The number of ether oxygens (including phenoxy) is 2. The Morgan fingerprint density at radius 2 is 1.88 bits per heavy atom. The van der Waals surface area contributed by atoms with Crippen LogP contribution in [0, 0.1) is 0 Å². The fraction of sp³-hybridized carbons (Fsp3) is 0.176. The van der Waals surface area contributed by atoms with E-state index < -0.39 is 5.97 Å². The number of benzene rings is 1. The largest absolute Gasteiger partial charge is 0.497 e. The van der Waals surface area contributed by atoms with Gasteiger partial charge >= 0.3 is 5.97 Å². The van der Waals surface area contributed by atoms with E-state index in [1.165, 1.54) is 24.9 Å². The van der Waals surface area contributed by atoms with Gasteiger partial charge in [-0.25, -0.2) is 14.8 Å². The number of carbonyl (C=O) groups excluding carboxylic acids is 1. The minimum Gasteiger partial charge on any atom is -0.497 e. The first kappa shape index (κ1) is 17.0. The summed E-state index contributed by atoms with van der Waals surface area (Å²) in [7, 11) is 2.85. The number of pyridine rings is 1. The Balaban J connectivity index is 2.29. The molecule has 8 heteroatoms. The lowest BCUT2D eigenvalue weighted by Crippen LogP contribution is -2.13. The maximum Gasteiger partial charge on any atom is 0.340 e. The van der Waals surface area contributed by atoms with Crippen LogP contribution >= 0.6 is 11.8 Å².